The summed E-state index contributed by atoms with van der Waals surface area (Å²) in [6.07, 6.45) is 10.4. The highest BCUT2D eigenvalue weighted by molar-refractivity contribution is 5.89. The van der Waals surface area contributed by atoms with E-state index in [1.807, 2.05) is 43.4 Å². The van der Waals surface area contributed by atoms with Gasteiger partial charge in [0.25, 0.3) is 0 Å². The third-order valence-electron chi connectivity index (χ3n) is 6.36. The molecule has 0 heterocycles. The summed E-state index contributed by atoms with van der Waals surface area (Å²) in [5, 5.41) is 0. The van der Waals surface area contributed by atoms with Crippen molar-refractivity contribution in [2.24, 2.45) is 0 Å². The third kappa shape index (κ3) is 5.29. The SMILES string of the molecule is C=CC1=C(/C=C\C)c2cc(-c3cccc(C(=C)/C=C\C)c3)ccc2C1(C)C.Cc1ccccc1. The molecule has 1 aliphatic carbocycles. The number of fused-ring (bicyclic) bond motifs is 1. The lowest BCUT2D eigenvalue weighted by Crippen LogP contribution is -2.15. The van der Waals surface area contributed by atoms with Gasteiger partial charge in [0.1, 0.15) is 0 Å². The van der Waals surface area contributed by atoms with E-state index in [4.69, 9.17) is 0 Å². The summed E-state index contributed by atoms with van der Waals surface area (Å²) >= 11 is 0. The van der Waals surface area contributed by atoms with Gasteiger partial charge in [-0.3, -0.25) is 0 Å². The standard InChI is InChI=1S/C27H28.C7H8/c1-7-11-19(4)20-13-10-14-21(17-20)22-15-16-26-24(18-22)23(12-8-2)25(9-3)27(26,5)6;1-7-5-3-2-4-6-7/h7-18H,3-4H2,1-2,5-6H3;2-6H,1H3/b11-7-,12-8-;. The quantitative estimate of drug-likeness (QED) is 0.343. The van der Waals surface area contributed by atoms with Gasteiger partial charge in [-0.05, 0) is 77.4 Å². The first-order valence-electron chi connectivity index (χ1n) is 11.9. The highest BCUT2D eigenvalue weighted by Crippen LogP contribution is 2.48. The molecule has 4 rings (SSSR count). The number of benzene rings is 3. The summed E-state index contributed by atoms with van der Waals surface area (Å²) in [4.78, 5) is 0. The first-order valence-corrected chi connectivity index (χ1v) is 11.9. The fourth-order valence-electron chi connectivity index (χ4n) is 4.56. The van der Waals surface area contributed by atoms with Gasteiger partial charge in [0.15, 0.2) is 0 Å². The van der Waals surface area contributed by atoms with Gasteiger partial charge in [0.05, 0.1) is 0 Å². The van der Waals surface area contributed by atoms with Crippen LogP contribution in [0.3, 0.4) is 0 Å². The van der Waals surface area contributed by atoms with Crippen molar-refractivity contribution in [3.63, 3.8) is 0 Å². The molecule has 0 fully saturated rings. The molecule has 0 atom stereocenters. The number of aryl methyl sites for hydroxylation is 1. The molecule has 3 aromatic carbocycles. The predicted molar refractivity (Wildman–Crippen MR) is 152 cm³/mol. The average molecular weight is 445 g/mol. The van der Waals surface area contributed by atoms with Gasteiger partial charge in [0.2, 0.25) is 0 Å². The zero-order valence-electron chi connectivity index (χ0n) is 21.2. The summed E-state index contributed by atoms with van der Waals surface area (Å²) in [5.74, 6) is 0. The van der Waals surface area contributed by atoms with Gasteiger partial charge in [-0.2, -0.15) is 0 Å². The van der Waals surface area contributed by atoms with Crippen LogP contribution in [-0.2, 0) is 5.41 Å². The monoisotopic (exact) mass is 444 g/mol. The van der Waals surface area contributed by atoms with Crippen molar-refractivity contribution in [1.29, 1.82) is 0 Å². The van der Waals surface area contributed by atoms with Crippen molar-refractivity contribution >= 4 is 11.1 Å². The molecule has 0 N–H and O–H groups in total. The Hall–Kier alpha value is -3.64. The zero-order valence-corrected chi connectivity index (χ0v) is 21.2. The summed E-state index contributed by atoms with van der Waals surface area (Å²) in [6.45, 7) is 19.0. The lowest BCUT2D eigenvalue weighted by molar-refractivity contribution is 0.654. The predicted octanol–water partition coefficient (Wildman–Crippen LogP) is 9.74. The molecule has 0 spiro atoms. The molecule has 0 radical (unpaired) electrons. The van der Waals surface area contributed by atoms with E-state index in [9.17, 15) is 0 Å². The number of rotatable bonds is 5. The van der Waals surface area contributed by atoms with E-state index >= 15 is 0 Å². The van der Waals surface area contributed by atoms with E-state index in [0.29, 0.717) is 0 Å². The molecule has 3 aromatic rings. The van der Waals surface area contributed by atoms with E-state index in [2.05, 4.69) is 108 Å². The Labute approximate surface area is 206 Å². The molecule has 34 heavy (non-hydrogen) atoms. The highest BCUT2D eigenvalue weighted by atomic mass is 14.4. The topological polar surface area (TPSA) is 0 Å². The maximum absolute atomic E-state index is 4.17. The first kappa shape index (κ1) is 25.0. The fourth-order valence-corrected chi connectivity index (χ4v) is 4.56. The van der Waals surface area contributed by atoms with Gasteiger partial charge < -0.3 is 0 Å². The molecular formula is C34H36. The highest BCUT2D eigenvalue weighted by Gasteiger charge is 2.35. The molecule has 0 saturated heterocycles. The largest absolute Gasteiger partial charge is 0.0987 e. The van der Waals surface area contributed by atoms with Gasteiger partial charge in [0, 0.05) is 5.41 Å². The van der Waals surface area contributed by atoms with E-state index < -0.39 is 0 Å². The molecular weight excluding hydrogens is 408 g/mol. The molecule has 1 aliphatic rings. The molecule has 0 aliphatic heterocycles. The first-order chi connectivity index (χ1) is 16.3. The van der Waals surface area contributed by atoms with Gasteiger partial charge in [-0.25, -0.2) is 0 Å². The van der Waals surface area contributed by atoms with E-state index in [-0.39, 0.29) is 5.41 Å². The molecule has 0 aromatic heterocycles. The second kappa shape index (κ2) is 11.0. The molecule has 0 unspecified atom stereocenters. The number of hydrogen-bond donors (Lipinski definition) is 0. The van der Waals surface area contributed by atoms with Crippen LogP contribution in [0.15, 0.2) is 122 Å². The smallest absolute Gasteiger partial charge is 0.0158 e. The Kier molecular flexibility index (Phi) is 8.08. The summed E-state index contributed by atoms with van der Waals surface area (Å²) in [6, 6.07) is 25.7. The van der Waals surface area contributed by atoms with Crippen LogP contribution in [0, 0.1) is 6.92 Å². The summed E-state index contributed by atoms with van der Waals surface area (Å²) < 4.78 is 0. The van der Waals surface area contributed by atoms with Crippen molar-refractivity contribution in [3.05, 3.63) is 144 Å². The van der Waals surface area contributed by atoms with Gasteiger partial charge >= 0.3 is 0 Å². The van der Waals surface area contributed by atoms with E-state index in [1.54, 1.807) is 0 Å². The third-order valence-corrected chi connectivity index (χ3v) is 6.36. The van der Waals surface area contributed by atoms with Crippen LogP contribution < -0.4 is 0 Å². The van der Waals surface area contributed by atoms with Gasteiger partial charge in [-0.1, -0.05) is 124 Å². The van der Waals surface area contributed by atoms with Crippen molar-refractivity contribution in [1.82, 2.24) is 0 Å². The molecule has 0 heteroatoms. The summed E-state index contributed by atoms with van der Waals surface area (Å²) in [7, 11) is 0. The minimum absolute atomic E-state index is 0.0213. The van der Waals surface area contributed by atoms with Crippen molar-refractivity contribution < 1.29 is 0 Å². The van der Waals surface area contributed by atoms with E-state index in [1.165, 1.54) is 39.0 Å². The maximum atomic E-state index is 4.17. The number of allylic oxidation sites excluding steroid dienone is 8. The minimum Gasteiger partial charge on any atom is -0.0987 e. The summed E-state index contributed by atoms with van der Waals surface area (Å²) in [5.41, 5.74) is 11.2. The van der Waals surface area contributed by atoms with Crippen LogP contribution in [0.2, 0.25) is 0 Å². The Morgan fingerprint density at radius 3 is 2.12 bits per heavy atom. The molecule has 172 valence electrons. The molecule has 0 bridgehead atoms. The minimum atomic E-state index is -0.0213. The van der Waals surface area contributed by atoms with Crippen LogP contribution in [0.4, 0.5) is 0 Å². The number of hydrogen-bond acceptors (Lipinski definition) is 0. The van der Waals surface area contributed by atoms with Gasteiger partial charge in [-0.15, -0.1) is 0 Å². The van der Waals surface area contributed by atoms with Crippen molar-refractivity contribution in [2.75, 3.05) is 0 Å². The van der Waals surface area contributed by atoms with E-state index in [0.717, 1.165) is 11.1 Å². The second-order valence-electron chi connectivity index (χ2n) is 9.18. The molecule has 0 amide bonds. The van der Waals surface area contributed by atoms with Crippen LogP contribution in [0.25, 0.3) is 22.3 Å². The van der Waals surface area contributed by atoms with Crippen LogP contribution in [0.5, 0.6) is 0 Å². The normalized spacial score (nSPS) is 14.1. The zero-order chi connectivity index (χ0) is 24.7. The molecule has 0 nitrogen and oxygen atoms in total. The lowest BCUT2D eigenvalue weighted by atomic mass is 9.81. The molecule has 0 saturated carbocycles. The van der Waals surface area contributed by atoms with Crippen molar-refractivity contribution in [3.8, 4) is 11.1 Å². The maximum Gasteiger partial charge on any atom is 0.0158 e. The Morgan fingerprint density at radius 1 is 0.824 bits per heavy atom. The fraction of sp³-hybridized carbons (Fsp3) is 0.176. The second-order valence-corrected chi connectivity index (χ2v) is 9.18. The van der Waals surface area contributed by atoms with Crippen LogP contribution in [-0.4, -0.2) is 0 Å². The Bertz CT molecular complexity index is 1260. The average Bonchev–Trinajstić information content (AvgIpc) is 3.05. The van der Waals surface area contributed by atoms with Crippen LogP contribution >= 0.6 is 0 Å². The van der Waals surface area contributed by atoms with Crippen LogP contribution in [0.1, 0.15) is 49.9 Å². The van der Waals surface area contributed by atoms with Crippen molar-refractivity contribution in [2.45, 2.75) is 40.0 Å². The lowest BCUT2D eigenvalue weighted by Gasteiger charge is -2.22. The Morgan fingerprint density at radius 2 is 1.53 bits per heavy atom. The Balaban J connectivity index is 0.000000396.